The number of hydrogen-bond acceptors (Lipinski definition) is 5. The summed E-state index contributed by atoms with van der Waals surface area (Å²) in [6, 6.07) is 3.28. The number of hydrogen-bond donors (Lipinski definition) is 3. The van der Waals surface area contributed by atoms with Crippen molar-refractivity contribution in [1.82, 2.24) is 5.32 Å². The van der Waals surface area contributed by atoms with Gasteiger partial charge in [-0.05, 0) is 11.6 Å². The van der Waals surface area contributed by atoms with Gasteiger partial charge in [-0.2, -0.15) is 0 Å². The van der Waals surface area contributed by atoms with Crippen LogP contribution in [-0.4, -0.2) is 37.9 Å². The molecule has 0 atom stereocenters. The van der Waals surface area contributed by atoms with Crippen LogP contribution in [0, 0.1) is 0 Å². The number of carbonyl (C=O) groups is 1. The molecule has 6 nitrogen and oxygen atoms in total. The van der Waals surface area contributed by atoms with Crippen LogP contribution in [0.1, 0.15) is 5.56 Å². The van der Waals surface area contributed by atoms with E-state index in [4.69, 9.17) is 31.9 Å². The Morgan fingerprint density at radius 1 is 1.47 bits per heavy atom. The molecule has 0 fully saturated rings. The number of ether oxygens (including phenoxy) is 2. The number of methoxy groups -OCH3 is 1. The summed E-state index contributed by atoms with van der Waals surface area (Å²) in [6.07, 6.45) is 0. The molecular formula is C12H17ClN2O4. The molecule has 1 aromatic carbocycles. The van der Waals surface area contributed by atoms with Crippen LogP contribution in [0.4, 0.5) is 0 Å². The van der Waals surface area contributed by atoms with E-state index in [1.807, 2.05) is 0 Å². The molecule has 0 unspecified atom stereocenters. The van der Waals surface area contributed by atoms with Crippen LogP contribution < -0.4 is 20.5 Å². The molecule has 1 aromatic rings. The van der Waals surface area contributed by atoms with Crippen molar-refractivity contribution in [3.8, 4) is 11.5 Å². The van der Waals surface area contributed by atoms with E-state index in [-0.39, 0.29) is 13.2 Å². The van der Waals surface area contributed by atoms with E-state index in [0.717, 1.165) is 5.56 Å². The van der Waals surface area contributed by atoms with E-state index >= 15 is 0 Å². The first-order chi connectivity index (χ1) is 9.08. The molecule has 4 N–H and O–H groups in total. The van der Waals surface area contributed by atoms with Crippen LogP contribution in [0.15, 0.2) is 12.1 Å². The number of rotatable bonds is 8. The van der Waals surface area contributed by atoms with Crippen molar-refractivity contribution in [1.29, 1.82) is 0 Å². The zero-order chi connectivity index (χ0) is 14.3. The number of carbonyl (C=O) groups excluding carboxylic acids is 1. The quantitative estimate of drug-likeness (QED) is 0.598. The molecule has 19 heavy (non-hydrogen) atoms. The average molecular weight is 289 g/mol. The molecule has 0 heterocycles. The normalized spacial score (nSPS) is 10.3. The van der Waals surface area contributed by atoms with E-state index in [2.05, 4.69) is 5.32 Å². The van der Waals surface area contributed by atoms with Crippen molar-refractivity contribution in [3.63, 3.8) is 0 Å². The summed E-state index contributed by atoms with van der Waals surface area (Å²) in [5, 5.41) is 12.2. The molecule has 7 heteroatoms. The van der Waals surface area contributed by atoms with Gasteiger partial charge in [0.05, 0.1) is 13.7 Å². The molecule has 1 rings (SSSR count). The lowest BCUT2D eigenvalue weighted by Crippen LogP contribution is -2.20. The molecule has 1 amide bonds. The average Bonchev–Trinajstić information content (AvgIpc) is 2.38. The predicted molar refractivity (Wildman–Crippen MR) is 71.5 cm³/mol. The summed E-state index contributed by atoms with van der Waals surface area (Å²) in [7, 11) is 1.49. The summed E-state index contributed by atoms with van der Waals surface area (Å²) < 4.78 is 10.4. The number of aliphatic hydroxyl groups excluding tert-OH is 1. The van der Waals surface area contributed by atoms with Gasteiger partial charge in [0.2, 0.25) is 0 Å². The van der Waals surface area contributed by atoms with Gasteiger partial charge in [-0.25, -0.2) is 0 Å². The fourth-order valence-corrected chi connectivity index (χ4v) is 1.66. The fourth-order valence-electron chi connectivity index (χ4n) is 1.44. The second-order valence-corrected chi connectivity index (χ2v) is 4.16. The van der Waals surface area contributed by atoms with Gasteiger partial charge in [-0.15, -0.1) is 0 Å². The van der Waals surface area contributed by atoms with Crippen LogP contribution in [0.3, 0.4) is 0 Å². The Morgan fingerprint density at radius 3 is 2.79 bits per heavy atom. The number of amides is 1. The van der Waals surface area contributed by atoms with Crippen LogP contribution in [0.2, 0.25) is 5.02 Å². The lowest BCUT2D eigenvalue weighted by Gasteiger charge is -2.13. The molecule has 106 valence electrons. The molecule has 0 bridgehead atoms. The van der Waals surface area contributed by atoms with Crippen LogP contribution in [0.25, 0.3) is 0 Å². The summed E-state index contributed by atoms with van der Waals surface area (Å²) in [5.41, 5.74) is 5.81. The van der Waals surface area contributed by atoms with Gasteiger partial charge in [0, 0.05) is 24.2 Å². The summed E-state index contributed by atoms with van der Waals surface area (Å²) in [5.74, 6) is 0.246. The third-order valence-electron chi connectivity index (χ3n) is 2.31. The van der Waals surface area contributed by atoms with Gasteiger partial charge in [0.15, 0.2) is 18.1 Å². The van der Waals surface area contributed by atoms with Crippen molar-refractivity contribution < 1.29 is 19.4 Å². The highest BCUT2D eigenvalue weighted by Gasteiger charge is 2.11. The molecular weight excluding hydrogens is 272 g/mol. The molecule has 0 aromatic heterocycles. The van der Waals surface area contributed by atoms with Crippen molar-refractivity contribution in [2.75, 3.05) is 26.9 Å². The Morgan fingerprint density at radius 2 is 2.21 bits per heavy atom. The molecule has 0 radical (unpaired) electrons. The molecule has 0 aliphatic rings. The standard InChI is InChI=1S/C12H17ClN2O4/c1-18-10-4-8(6-15-2-3-16)9(13)5-11(10)19-7-12(14)17/h4-5,15-16H,2-3,6-7H2,1H3,(H2,14,17). The maximum absolute atomic E-state index is 10.7. The zero-order valence-electron chi connectivity index (χ0n) is 10.6. The summed E-state index contributed by atoms with van der Waals surface area (Å²) >= 11 is 6.10. The summed E-state index contributed by atoms with van der Waals surface area (Å²) in [6.45, 7) is 0.772. The van der Waals surface area contributed by atoms with Crippen molar-refractivity contribution in [2.45, 2.75) is 6.54 Å². The zero-order valence-corrected chi connectivity index (χ0v) is 11.4. The number of nitrogens with two attached hydrogens (primary N) is 1. The first-order valence-corrected chi connectivity index (χ1v) is 6.05. The minimum absolute atomic E-state index is 0.0502. The Bertz CT molecular complexity index is 440. The molecule has 0 aliphatic heterocycles. The predicted octanol–water partition coefficient (Wildman–Crippen LogP) is 0.295. The van der Waals surface area contributed by atoms with Gasteiger partial charge in [0.25, 0.3) is 5.91 Å². The van der Waals surface area contributed by atoms with E-state index in [9.17, 15) is 4.79 Å². The van der Waals surface area contributed by atoms with E-state index in [0.29, 0.717) is 29.6 Å². The van der Waals surface area contributed by atoms with Gasteiger partial charge in [-0.1, -0.05) is 11.6 Å². The lowest BCUT2D eigenvalue weighted by molar-refractivity contribution is -0.119. The van der Waals surface area contributed by atoms with E-state index < -0.39 is 5.91 Å². The highest BCUT2D eigenvalue weighted by atomic mass is 35.5. The van der Waals surface area contributed by atoms with Gasteiger partial charge >= 0.3 is 0 Å². The molecule has 0 spiro atoms. The Hall–Kier alpha value is -1.50. The Balaban J connectivity index is 2.83. The Labute approximate surface area is 116 Å². The van der Waals surface area contributed by atoms with Crippen LogP contribution in [0.5, 0.6) is 11.5 Å². The second kappa shape index (κ2) is 7.83. The SMILES string of the molecule is COc1cc(CNCCO)c(Cl)cc1OCC(N)=O. The minimum atomic E-state index is -0.577. The second-order valence-electron chi connectivity index (χ2n) is 3.75. The van der Waals surface area contributed by atoms with Crippen molar-refractivity contribution >= 4 is 17.5 Å². The van der Waals surface area contributed by atoms with Gasteiger partial charge in [-0.3, -0.25) is 4.79 Å². The lowest BCUT2D eigenvalue weighted by atomic mass is 10.2. The summed E-state index contributed by atoms with van der Waals surface area (Å²) in [4.78, 5) is 10.7. The van der Waals surface area contributed by atoms with E-state index in [1.165, 1.54) is 7.11 Å². The Kier molecular flexibility index (Phi) is 6.41. The van der Waals surface area contributed by atoms with Crippen LogP contribution in [-0.2, 0) is 11.3 Å². The molecule has 0 aliphatic carbocycles. The smallest absolute Gasteiger partial charge is 0.255 e. The maximum atomic E-state index is 10.7. The van der Waals surface area contributed by atoms with Gasteiger partial charge < -0.3 is 25.6 Å². The van der Waals surface area contributed by atoms with E-state index in [1.54, 1.807) is 12.1 Å². The highest BCUT2D eigenvalue weighted by Crippen LogP contribution is 2.33. The van der Waals surface area contributed by atoms with Crippen molar-refractivity contribution in [2.24, 2.45) is 5.73 Å². The van der Waals surface area contributed by atoms with Crippen molar-refractivity contribution in [3.05, 3.63) is 22.7 Å². The number of primary amides is 1. The first kappa shape index (κ1) is 15.6. The number of benzene rings is 1. The topological polar surface area (TPSA) is 93.8 Å². The van der Waals surface area contributed by atoms with Gasteiger partial charge in [0.1, 0.15) is 0 Å². The fraction of sp³-hybridized carbons (Fsp3) is 0.417. The maximum Gasteiger partial charge on any atom is 0.255 e. The largest absolute Gasteiger partial charge is 0.493 e. The number of nitrogens with one attached hydrogen (secondary N) is 1. The monoisotopic (exact) mass is 288 g/mol. The van der Waals surface area contributed by atoms with Crippen LogP contribution >= 0.6 is 11.6 Å². The molecule has 0 saturated carbocycles. The highest BCUT2D eigenvalue weighted by molar-refractivity contribution is 6.31. The molecule has 0 saturated heterocycles. The first-order valence-electron chi connectivity index (χ1n) is 5.67. The minimum Gasteiger partial charge on any atom is -0.493 e. The third-order valence-corrected chi connectivity index (χ3v) is 2.66. The number of halogens is 1. The number of aliphatic hydroxyl groups is 1. The third kappa shape index (κ3) is 4.94.